The van der Waals surface area contributed by atoms with E-state index in [-0.39, 0.29) is 23.3 Å². The summed E-state index contributed by atoms with van der Waals surface area (Å²) in [4.78, 5) is 4.18. The summed E-state index contributed by atoms with van der Waals surface area (Å²) in [6, 6.07) is 0. The first kappa shape index (κ1) is 12.5. The quantitative estimate of drug-likeness (QED) is 0.848. The molecule has 1 fully saturated rings. The van der Waals surface area contributed by atoms with Crippen molar-refractivity contribution in [2.75, 3.05) is 11.5 Å². The number of aliphatic hydroxyl groups excluding tert-OH is 1. The van der Waals surface area contributed by atoms with E-state index >= 15 is 0 Å². The summed E-state index contributed by atoms with van der Waals surface area (Å²) < 4.78 is 27.7. The Morgan fingerprint density at radius 2 is 2.18 bits per heavy atom. The molecule has 2 heterocycles. The molecule has 1 saturated heterocycles. The number of aliphatic hydroxyl groups is 1. The van der Waals surface area contributed by atoms with E-state index in [0.717, 1.165) is 0 Å². The van der Waals surface area contributed by atoms with Gasteiger partial charge in [-0.15, -0.1) is 0 Å². The fraction of sp³-hybridized carbons (Fsp3) is 0.800. The molecule has 3 unspecified atom stereocenters. The monoisotopic (exact) mass is 260 g/mol. The molecule has 1 aromatic rings. The molecular weight excluding hydrogens is 244 g/mol. The maximum absolute atomic E-state index is 11.3. The lowest BCUT2D eigenvalue weighted by Gasteiger charge is -2.08. The highest BCUT2D eigenvalue weighted by molar-refractivity contribution is 7.91. The Morgan fingerprint density at radius 1 is 1.47 bits per heavy atom. The van der Waals surface area contributed by atoms with Crippen LogP contribution in [0, 0.1) is 0 Å². The molecule has 7 heteroatoms. The van der Waals surface area contributed by atoms with Crippen LogP contribution < -0.4 is 0 Å². The van der Waals surface area contributed by atoms with Crippen molar-refractivity contribution in [3.8, 4) is 0 Å². The third-order valence-corrected chi connectivity index (χ3v) is 4.94. The third-order valence-electron chi connectivity index (χ3n) is 3.17. The normalized spacial score (nSPS) is 26.9. The van der Waals surface area contributed by atoms with Gasteiger partial charge in [0, 0.05) is 5.92 Å². The summed E-state index contributed by atoms with van der Waals surface area (Å²) in [6.07, 6.45) is -0.0275. The fourth-order valence-corrected chi connectivity index (χ4v) is 3.54. The number of aromatic nitrogens is 2. The number of hydrogen-bond acceptors (Lipinski definition) is 6. The van der Waals surface area contributed by atoms with Gasteiger partial charge in [0.2, 0.25) is 5.89 Å². The minimum atomic E-state index is -2.94. The average molecular weight is 260 g/mol. The molecule has 3 atom stereocenters. The van der Waals surface area contributed by atoms with Crippen LogP contribution in [0.5, 0.6) is 0 Å². The topological polar surface area (TPSA) is 93.3 Å². The molecule has 0 aliphatic carbocycles. The van der Waals surface area contributed by atoms with Gasteiger partial charge in [0.25, 0.3) is 0 Å². The predicted octanol–water partition coefficient (Wildman–Crippen LogP) is 0.456. The molecule has 1 aliphatic rings. The number of nitrogens with zero attached hydrogens (tertiary/aromatic N) is 2. The molecule has 0 radical (unpaired) electrons. The van der Waals surface area contributed by atoms with Gasteiger partial charge >= 0.3 is 0 Å². The summed E-state index contributed by atoms with van der Waals surface area (Å²) >= 11 is 0. The van der Waals surface area contributed by atoms with Crippen LogP contribution in [-0.2, 0) is 9.84 Å². The van der Waals surface area contributed by atoms with Crippen molar-refractivity contribution < 1.29 is 18.0 Å². The molecule has 1 aliphatic heterocycles. The van der Waals surface area contributed by atoms with E-state index in [9.17, 15) is 13.5 Å². The van der Waals surface area contributed by atoms with Gasteiger partial charge in [0.05, 0.1) is 23.5 Å². The number of sulfone groups is 1. The van der Waals surface area contributed by atoms with E-state index in [0.29, 0.717) is 18.1 Å². The summed E-state index contributed by atoms with van der Waals surface area (Å²) in [5.41, 5.74) is 0. The Morgan fingerprint density at radius 3 is 2.71 bits per heavy atom. The maximum Gasteiger partial charge on any atom is 0.232 e. The number of rotatable bonds is 3. The van der Waals surface area contributed by atoms with Crippen molar-refractivity contribution >= 4 is 9.84 Å². The molecule has 96 valence electrons. The number of hydrogen-bond donors (Lipinski definition) is 1. The second kappa shape index (κ2) is 4.38. The predicted molar refractivity (Wildman–Crippen MR) is 60.4 cm³/mol. The molecule has 6 nitrogen and oxygen atoms in total. The van der Waals surface area contributed by atoms with E-state index in [1.165, 1.54) is 0 Å². The van der Waals surface area contributed by atoms with Gasteiger partial charge in [-0.05, 0) is 13.3 Å². The van der Waals surface area contributed by atoms with Gasteiger partial charge in [-0.1, -0.05) is 12.1 Å². The van der Waals surface area contributed by atoms with Crippen LogP contribution >= 0.6 is 0 Å². The molecule has 17 heavy (non-hydrogen) atoms. The standard InChI is InChI=1S/C10H16N2O4S/c1-6(7(2)13)10-11-9(12-16-10)8-3-4-17(14,15)5-8/h6-8,13H,3-5H2,1-2H3. The zero-order valence-electron chi connectivity index (χ0n) is 9.83. The first-order valence-electron chi connectivity index (χ1n) is 5.61. The van der Waals surface area contributed by atoms with Gasteiger partial charge in [0.15, 0.2) is 15.7 Å². The minimum absolute atomic E-state index is 0.0923. The van der Waals surface area contributed by atoms with Crippen LogP contribution in [0.2, 0.25) is 0 Å². The zero-order chi connectivity index (χ0) is 12.6. The zero-order valence-corrected chi connectivity index (χ0v) is 10.6. The lowest BCUT2D eigenvalue weighted by molar-refractivity contribution is 0.151. The Kier molecular flexibility index (Phi) is 3.22. The van der Waals surface area contributed by atoms with Gasteiger partial charge in [-0.25, -0.2) is 8.42 Å². The Bertz CT molecular complexity index is 494. The highest BCUT2D eigenvalue weighted by atomic mass is 32.2. The lowest BCUT2D eigenvalue weighted by atomic mass is 10.1. The van der Waals surface area contributed by atoms with Crippen molar-refractivity contribution in [3.05, 3.63) is 11.7 Å². The Balaban J connectivity index is 2.14. The van der Waals surface area contributed by atoms with Crippen molar-refractivity contribution in [2.24, 2.45) is 0 Å². The average Bonchev–Trinajstić information content (AvgIpc) is 2.82. The minimum Gasteiger partial charge on any atom is -0.393 e. The van der Waals surface area contributed by atoms with Crippen LogP contribution in [0.1, 0.15) is 43.8 Å². The van der Waals surface area contributed by atoms with Gasteiger partial charge in [0.1, 0.15) is 0 Å². The molecule has 0 amide bonds. The molecular formula is C10H16N2O4S. The fourth-order valence-electron chi connectivity index (χ4n) is 1.80. The molecule has 0 bridgehead atoms. The lowest BCUT2D eigenvalue weighted by Crippen LogP contribution is -2.11. The summed E-state index contributed by atoms with van der Waals surface area (Å²) in [6.45, 7) is 3.43. The van der Waals surface area contributed by atoms with E-state index in [2.05, 4.69) is 10.1 Å². The first-order valence-corrected chi connectivity index (χ1v) is 7.43. The molecule has 2 rings (SSSR count). The van der Waals surface area contributed by atoms with Crippen LogP contribution in [-0.4, -0.2) is 41.3 Å². The molecule has 0 aromatic carbocycles. The van der Waals surface area contributed by atoms with Crippen LogP contribution in [0.4, 0.5) is 0 Å². The van der Waals surface area contributed by atoms with Gasteiger partial charge in [-0.2, -0.15) is 4.98 Å². The van der Waals surface area contributed by atoms with E-state index in [1.807, 2.05) is 0 Å². The highest BCUT2D eigenvalue weighted by Gasteiger charge is 2.33. The van der Waals surface area contributed by atoms with Crippen LogP contribution in [0.15, 0.2) is 4.52 Å². The highest BCUT2D eigenvalue weighted by Crippen LogP contribution is 2.28. The van der Waals surface area contributed by atoms with E-state index in [4.69, 9.17) is 4.52 Å². The second-order valence-electron chi connectivity index (χ2n) is 4.62. The smallest absolute Gasteiger partial charge is 0.232 e. The SMILES string of the molecule is CC(O)C(C)c1nc(C2CCS(=O)(=O)C2)no1. The van der Waals surface area contributed by atoms with Crippen LogP contribution in [0.3, 0.4) is 0 Å². The first-order chi connectivity index (χ1) is 7.89. The van der Waals surface area contributed by atoms with E-state index in [1.54, 1.807) is 13.8 Å². The Labute approximate surface area is 99.9 Å². The molecule has 1 N–H and O–H groups in total. The van der Waals surface area contributed by atoms with E-state index < -0.39 is 15.9 Å². The summed E-state index contributed by atoms with van der Waals surface area (Å²) in [7, 11) is -2.94. The van der Waals surface area contributed by atoms with Crippen molar-refractivity contribution in [1.29, 1.82) is 0 Å². The second-order valence-corrected chi connectivity index (χ2v) is 6.85. The molecule has 0 spiro atoms. The van der Waals surface area contributed by atoms with Crippen molar-refractivity contribution in [1.82, 2.24) is 10.1 Å². The largest absolute Gasteiger partial charge is 0.393 e. The molecule has 0 saturated carbocycles. The maximum atomic E-state index is 11.3. The molecule has 1 aromatic heterocycles. The summed E-state index contributed by atoms with van der Waals surface area (Å²) in [5, 5.41) is 13.2. The van der Waals surface area contributed by atoms with Crippen molar-refractivity contribution in [3.63, 3.8) is 0 Å². The van der Waals surface area contributed by atoms with Gasteiger partial charge < -0.3 is 9.63 Å². The van der Waals surface area contributed by atoms with Crippen LogP contribution in [0.25, 0.3) is 0 Å². The Hall–Kier alpha value is -0.950. The third kappa shape index (κ3) is 2.66. The summed E-state index contributed by atoms with van der Waals surface area (Å²) in [5.74, 6) is 0.670. The van der Waals surface area contributed by atoms with Crippen molar-refractivity contribution in [2.45, 2.75) is 38.2 Å². The van der Waals surface area contributed by atoms with Gasteiger partial charge in [-0.3, -0.25) is 0 Å².